The molecule has 1 aromatic carbocycles. The van der Waals surface area contributed by atoms with Crippen LogP contribution in [0, 0.1) is 12.3 Å². The molecule has 1 rings (SSSR count). The Bertz CT molecular complexity index is 709. The molecule has 2 N–H and O–H groups in total. The van der Waals surface area contributed by atoms with E-state index in [1.54, 1.807) is 24.3 Å². The molecule has 0 saturated carbocycles. The summed E-state index contributed by atoms with van der Waals surface area (Å²) in [5.41, 5.74) is 1.17. The number of benzene rings is 1. The molecule has 30 heavy (non-hydrogen) atoms. The fraction of sp³-hybridized carbons (Fsp3) is 0.522. The van der Waals surface area contributed by atoms with Gasteiger partial charge in [0.1, 0.15) is 6.04 Å². The second-order valence-corrected chi connectivity index (χ2v) is 6.79. The summed E-state index contributed by atoms with van der Waals surface area (Å²) in [6.45, 7) is 5.00. The highest BCUT2D eigenvalue weighted by atomic mass is 16.5. The second kappa shape index (κ2) is 14.9. The van der Waals surface area contributed by atoms with Gasteiger partial charge in [-0.15, -0.1) is 6.42 Å². The van der Waals surface area contributed by atoms with Crippen molar-refractivity contribution in [3.63, 3.8) is 0 Å². The first kappa shape index (κ1) is 25.0. The summed E-state index contributed by atoms with van der Waals surface area (Å²) in [7, 11) is 0. The predicted octanol–water partition coefficient (Wildman–Crippen LogP) is 3.30. The van der Waals surface area contributed by atoms with Crippen LogP contribution in [-0.4, -0.2) is 43.6 Å². The van der Waals surface area contributed by atoms with Crippen LogP contribution in [0.25, 0.3) is 0 Å². The van der Waals surface area contributed by atoms with Crippen LogP contribution < -0.4 is 10.6 Å². The predicted molar refractivity (Wildman–Crippen MR) is 116 cm³/mol. The third-order valence-corrected chi connectivity index (χ3v) is 4.27. The van der Waals surface area contributed by atoms with Crippen molar-refractivity contribution in [3.05, 3.63) is 29.8 Å². The number of hydrogen-bond acceptors (Lipinski definition) is 6. The molecular weight excluding hydrogens is 384 g/mol. The first-order valence-electron chi connectivity index (χ1n) is 10.4. The Labute approximate surface area is 178 Å². The summed E-state index contributed by atoms with van der Waals surface area (Å²) < 4.78 is 10.4. The fourth-order valence-corrected chi connectivity index (χ4v) is 2.47. The van der Waals surface area contributed by atoms with Gasteiger partial charge in [0, 0.05) is 17.7 Å². The zero-order chi connectivity index (χ0) is 22.2. The molecule has 0 radical (unpaired) electrons. The van der Waals surface area contributed by atoms with Gasteiger partial charge in [-0.05, 0) is 43.5 Å². The highest BCUT2D eigenvalue weighted by molar-refractivity contribution is 5.97. The number of amides is 1. The number of terminal acetylenes is 1. The van der Waals surface area contributed by atoms with Crippen molar-refractivity contribution < 1.29 is 23.9 Å². The number of unbranched alkanes of at least 4 members (excludes halogenated alkanes) is 2. The number of ether oxygens (including phenoxy) is 2. The standard InChI is InChI=1S/C23H32N2O5/c1-4-7-16-29-21(26)14-13-20(23(28)30-17-8-5-2)25-22(27)18-9-11-19(12-10-18)24-15-6-3/h3,9-12,20,24H,4-5,7-8,13-17H2,1-2H3,(H,25,27). The molecule has 0 bridgehead atoms. The van der Waals surface area contributed by atoms with Crippen molar-refractivity contribution in [3.8, 4) is 12.3 Å². The van der Waals surface area contributed by atoms with Gasteiger partial charge < -0.3 is 20.1 Å². The molecule has 0 fully saturated rings. The zero-order valence-electron chi connectivity index (χ0n) is 17.9. The van der Waals surface area contributed by atoms with E-state index in [9.17, 15) is 14.4 Å². The molecule has 7 nitrogen and oxygen atoms in total. The molecule has 0 saturated heterocycles. The molecule has 0 aliphatic carbocycles. The Morgan fingerprint density at radius 2 is 1.67 bits per heavy atom. The SMILES string of the molecule is C#CCNc1ccc(C(=O)NC(CCC(=O)OCCCC)C(=O)OCCCC)cc1. The average Bonchev–Trinajstić information content (AvgIpc) is 2.75. The topological polar surface area (TPSA) is 93.7 Å². The quantitative estimate of drug-likeness (QED) is 0.275. The van der Waals surface area contributed by atoms with Gasteiger partial charge in [-0.3, -0.25) is 9.59 Å². The monoisotopic (exact) mass is 416 g/mol. The molecule has 0 heterocycles. The van der Waals surface area contributed by atoms with E-state index in [4.69, 9.17) is 15.9 Å². The Morgan fingerprint density at radius 1 is 1.03 bits per heavy atom. The number of nitrogens with one attached hydrogen (secondary N) is 2. The maximum Gasteiger partial charge on any atom is 0.328 e. The number of carbonyl (C=O) groups is 3. The molecule has 1 unspecified atom stereocenters. The number of carbonyl (C=O) groups excluding carboxylic acids is 3. The molecule has 1 atom stereocenters. The number of esters is 2. The zero-order valence-corrected chi connectivity index (χ0v) is 17.9. The van der Waals surface area contributed by atoms with Gasteiger partial charge >= 0.3 is 11.9 Å². The highest BCUT2D eigenvalue weighted by Gasteiger charge is 2.24. The first-order chi connectivity index (χ1) is 14.5. The molecule has 0 aliphatic rings. The smallest absolute Gasteiger partial charge is 0.328 e. The maximum absolute atomic E-state index is 12.6. The minimum Gasteiger partial charge on any atom is -0.466 e. The maximum atomic E-state index is 12.6. The molecule has 0 aromatic heterocycles. The van der Waals surface area contributed by atoms with E-state index in [0.29, 0.717) is 18.7 Å². The van der Waals surface area contributed by atoms with E-state index in [1.807, 2.05) is 13.8 Å². The molecule has 0 aliphatic heterocycles. The van der Waals surface area contributed by atoms with E-state index in [-0.39, 0.29) is 19.4 Å². The highest BCUT2D eigenvalue weighted by Crippen LogP contribution is 2.11. The van der Waals surface area contributed by atoms with Crippen molar-refractivity contribution >= 4 is 23.5 Å². The Hall–Kier alpha value is -3.01. The lowest BCUT2D eigenvalue weighted by atomic mass is 10.1. The molecule has 1 amide bonds. The minimum absolute atomic E-state index is 0.0203. The van der Waals surface area contributed by atoms with Crippen LogP contribution in [0.2, 0.25) is 0 Å². The Kier molecular flexibility index (Phi) is 12.4. The normalized spacial score (nSPS) is 11.1. The van der Waals surface area contributed by atoms with E-state index in [1.165, 1.54) is 0 Å². The third-order valence-electron chi connectivity index (χ3n) is 4.27. The van der Waals surface area contributed by atoms with Crippen LogP contribution >= 0.6 is 0 Å². The van der Waals surface area contributed by atoms with Crippen LogP contribution in [0.4, 0.5) is 5.69 Å². The van der Waals surface area contributed by atoms with E-state index >= 15 is 0 Å². The van der Waals surface area contributed by atoms with Gasteiger partial charge in [0.2, 0.25) is 0 Å². The Morgan fingerprint density at radius 3 is 2.27 bits per heavy atom. The van der Waals surface area contributed by atoms with Crippen LogP contribution in [0.15, 0.2) is 24.3 Å². The van der Waals surface area contributed by atoms with Crippen molar-refractivity contribution in [2.45, 2.75) is 58.4 Å². The molecule has 1 aromatic rings. The van der Waals surface area contributed by atoms with Gasteiger partial charge in [0.15, 0.2) is 0 Å². The van der Waals surface area contributed by atoms with Crippen molar-refractivity contribution in [2.75, 3.05) is 25.1 Å². The lowest BCUT2D eigenvalue weighted by Gasteiger charge is -2.18. The average molecular weight is 417 g/mol. The van der Waals surface area contributed by atoms with Gasteiger partial charge in [0.25, 0.3) is 5.91 Å². The van der Waals surface area contributed by atoms with Crippen LogP contribution in [0.3, 0.4) is 0 Å². The summed E-state index contributed by atoms with van der Waals surface area (Å²) in [6.07, 6.45) is 8.68. The minimum atomic E-state index is -0.924. The summed E-state index contributed by atoms with van der Waals surface area (Å²) in [5, 5.41) is 5.68. The molecular formula is C23H32N2O5. The number of rotatable bonds is 14. The van der Waals surface area contributed by atoms with E-state index in [0.717, 1.165) is 31.4 Å². The van der Waals surface area contributed by atoms with E-state index < -0.39 is 23.9 Å². The van der Waals surface area contributed by atoms with Crippen molar-refractivity contribution in [1.29, 1.82) is 0 Å². The van der Waals surface area contributed by atoms with Crippen molar-refractivity contribution in [1.82, 2.24) is 5.32 Å². The van der Waals surface area contributed by atoms with Gasteiger partial charge in [0.05, 0.1) is 19.8 Å². The molecule has 0 spiro atoms. The fourth-order valence-electron chi connectivity index (χ4n) is 2.47. The summed E-state index contributed by atoms with van der Waals surface area (Å²) >= 11 is 0. The molecule has 164 valence electrons. The number of hydrogen-bond donors (Lipinski definition) is 2. The largest absolute Gasteiger partial charge is 0.466 e. The summed E-state index contributed by atoms with van der Waals surface area (Å²) in [6, 6.07) is 5.80. The van der Waals surface area contributed by atoms with E-state index in [2.05, 4.69) is 16.6 Å². The Balaban J connectivity index is 2.70. The lowest BCUT2D eigenvalue weighted by Crippen LogP contribution is -2.42. The molecule has 7 heteroatoms. The van der Waals surface area contributed by atoms with Gasteiger partial charge in [-0.1, -0.05) is 32.6 Å². The lowest BCUT2D eigenvalue weighted by molar-refractivity contribution is -0.147. The van der Waals surface area contributed by atoms with Crippen LogP contribution in [0.1, 0.15) is 62.7 Å². The van der Waals surface area contributed by atoms with Crippen LogP contribution in [0.5, 0.6) is 0 Å². The van der Waals surface area contributed by atoms with Gasteiger partial charge in [-0.2, -0.15) is 0 Å². The van der Waals surface area contributed by atoms with Crippen molar-refractivity contribution in [2.24, 2.45) is 0 Å². The second-order valence-electron chi connectivity index (χ2n) is 6.79. The van der Waals surface area contributed by atoms with Gasteiger partial charge in [-0.25, -0.2) is 4.79 Å². The van der Waals surface area contributed by atoms with Crippen LogP contribution in [-0.2, 0) is 19.1 Å². The summed E-state index contributed by atoms with van der Waals surface area (Å²) in [4.78, 5) is 36.9. The first-order valence-corrected chi connectivity index (χ1v) is 10.4. The number of anilines is 1. The third kappa shape index (κ3) is 9.97. The summed E-state index contributed by atoms with van der Waals surface area (Å²) in [5.74, 6) is 1.11.